The van der Waals surface area contributed by atoms with E-state index in [1.165, 1.54) is 21.8 Å². The highest BCUT2D eigenvalue weighted by Gasteiger charge is 2.27. The van der Waals surface area contributed by atoms with Gasteiger partial charge in [-0.1, -0.05) is 12.1 Å². The fraction of sp³-hybridized carbons (Fsp3) is 0.158. The van der Waals surface area contributed by atoms with Crippen LogP contribution in [-0.4, -0.2) is 32.3 Å². The Labute approximate surface area is 158 Å². The van der Waals surface area contributed by atoms with Gasteiger partial charge in [-0.3, -0.25) is 4.79 Å². The number of para-hydroxylation sites is 1. The minimum atomic E-state index is -0.0794. The fourth-order valence-corrected chi connectivity index (χ4v) is 5.05. The molecule has 4 heterocycles. The molecule has 3 aromatic heterocycles. The molecule has 1 amide bonds. The number of benzene rings is 1. The average molecular weight is 378 g/mol. The summed E-state index contributed by atoms with van der Waals surface area (Å²) in [6.07, 6.45) is 4.09. The van der Waals surface area contributed by atoms with Gasteiger partial charge in [-0.15, -0.1) is 22.7 Å². The first-order valence-electron chi connectivity index (χ1n) is 8.31. The van der Waals surface area contributed by atoms with Crippen molar-refractivity contribution in [1.82, 2.24) is 19.9 Å². The average Bonchev–Trinajstić information content (AvgIpc) is 3.33. The van der Waals surface area contributed by atoms with Crippen molar-refractivity contribution in [1.29, 1.82) is 0 Å². The van der Waals surface area contributed by atoms with Crippen LogP contribution >= 0.6 is 22.7 Å². The molecule has 5 nitrogen and oxygen atoms in total. The first-order chi connectivity index (χ1) is 12.8. The van der Waals surface area contributed by atoms with Crippen LogP contribution in [-0.2, 0) is 13.0 Å². The van der Waals surface area contributed by atoms with Crippen molar-refractivity contribution in [2.24, 2.45) is 0 Å². The molecule has 1 aliphatic heterocycles. The predicted octanol–water partition coefficient (Wildman–Crippen LogP) is 4.01. The van der Waals surface area contributed by atoms with Crippen LogP contribution in [0, 0.1) is 0 Å². The number of fused-ring (bicyclic) bond motifs is 2. The second-order valence-corrected chi connectivity index (χ2v) is 8.12. The van der Waals surface area contributed by atoms with Gasteiger partial charge < -0.3 is 4.90 Å². The van der Waals surface area contributed by atoms with Gasteiger partial charge >= 0.3 is 0 Å². The fourth-order valence-electron chi connectivity index (χ4n) is 3.20. The lowest BCUT2D eigenvalue weighted by Crippen LogP contribution is -2.36. The normalized spacial score (nSPS) is 13.8. The minimum Gasteiger partial charge on any atom is -0.333 e. The van der Waals surface area contributed by atoms with Gasteiger partial charge in [0, 0.05) is 30.4 Å². The Morgan fingerprint density at radius 1 is 1.12 bits per heavy atom. The minimum absolute atomic E-state index is 0.0794. The van der Waals surface area contributed by atoms with Crippen molar-refractivity contribution in [3.63, 3.8) is 0 Å². The summed E-state index contributed by atoms with van der Waals surface area (Å²) in [7, 11) is 0. The first-order valence-corrected chi connectivity index (χ1v) is 10.0. The summed E-state index contributed by atoms with van der Waals surface area (Å²) in [6.45, 7) is 1.34. The zero-order chi connectivity index (χ0) is 17.5. The number of aromatic nitrogens is 3. The van der Waals surface area contributed by atoms with Gasteiger partial charge in [0.15, 0.2) is 5.69 Å². The van der Waals surface area contributed by atoms with Gasteiger partial charge in [-0.2, -0.15) is 0 Å². The van der Waals surface area contributed by atoms with Crippen LogP contribution in [0.15, 0.2) is 48.1 Å². The lowest BCUT2D eigenvalue weighted by Gasteiger charge is -2.27. The summed E-state index contributed by atoms with van der Waals surface area (Å²) in [6, 6.07) is 10.0. The molecule has 0 N–H and O–H groups in total. The molecule has 0 saturated heterocycles. The van der Waals surface area contributed by atoms with Gasteiger partial charge in [0.1, 0.15) is 10.7 Å². The second-order valence-electron chi connectivity index (χ2n) is 6.09. The number of rotatable bonds is 2. The van der Waals surface area contributed by atoms with Gasteiger partial charge in [0.05, 0.1) is 10.2 Å². The van der Waals surface area contributed by atoms with E-state index >= 15 is 0 Å². The van der Waals surface area contributed by atoms with Gasteiger partial charge in [0.2, 0.25) is 0 Å². The molecule has 128 valence electrons. The molecule has 0 aliphatic carbocycles. The van der Waals surface area contributed by atoms with E-state index in [0.29, 0.717) is 24.5 Å². The molecular formula is C19H14N4OS2. The molecule has 0 atom stereocenters. The predicted molar refractivity (Wildman–Crippen MR) is 103 cm³/mol. The van der Waals surface area contributed by atoms with E-state index in [-0.39, 0.29) is 5.91 Å². The monoisotopic (exact) mass is 378 g/mol. The lowest BCUT2D eigenvalue weighted by atomic mass is 10.1. The molecule has 0 saturated carbocycles. The van der Waals surface area contributed by atoms with Crippen molar-refractivity contribution >= 4 is 38.8 Å². The smallest absolute Gasteiger partial charge is 0.275 e. The van der Waals surface area contributed by atoms with Crippen LogP contribution in [0.5, 0.6) is 0 Å². The Balaban J connectivity index is 1.53. The molecule has 5 rings (SSSR count). The number of thiazole rings is 1. The van der Waals surface area contributed by atoms with Crippen LogP contribution in [0.2, 0.25) is 0 Å². The molecule has 26 heavy (non-hydrogen) atoms. The third kappa shape index (κ3) is 2.60. The summed E-state index contributed by atoms with van der Waals surface area (Å²) < 4.78 is 1.08. The molecule has 0 radical (unpaired) electrons. The Morgan fingerprint density at radius 3 is 2.92 bits per heavy atom. The van der Waals surface area contributed by atoms with E-state index in [1.807, 2.05) is 29.2 Å². The van der Waals surface area contributed by atoms with E-state index in [2.05, 4.69) is 26.4 Å². The summed E-state index contributed by atoms with van der Waals surface area (Å²) in [5, 5.41) is 2.82. The molecule has 0 spiro atoms. The van der Waals surface area contributed by atoms with E-state index in [0.717, 1.165) is 21.6 Å². The quantitative estimate of drug-likeness (QED) is 0.529. The lowest BCUT2D eigenvalue weighted by molar-refractivity contribution is 0.0730. The molecular weight excluding hydrogens is 364 g/mol. The molecule has 0 unspecified atom stereocenters. The van der Waals surface area contributed by atoms with E-state index < -0.39 is 0 Å². The molecule has 0 bridgehead atoms. The van der Waals surface area contributed by atoms with E-state index in [1.54, 1.807) is 23.7 Å². The Hall–Kier alpha value is -2.64. The number of carbonyl (C=O) groups is 1. The number of hydrogen-bond acceptors (Lipinski definition) is 6. The van der Waals surface area contributed by atoms with Crippen LogP contribution in [0.4, 0.5) is 0 Å². The molecule has 7 heteroatoms. The molecule has 4 aromatic rings. The Morgan fingerprint density at radius 2 is 2.00 bits per heavy atom. The highest BCUT2D eigenvalue weighted by atomic mass is 32.1. The molecule has 0 fully saturated rings. The highest BCUT2D eigenvalue weighted by molar-refractivity contribution is 7.21. The maximum absolute atomic E-state index is 13.1. The van der Waals surface area contributed by atoms with Crippen LogP contribution in [0.1, 0.15) is 20.9 Å². The van der Waals surface area contributed by atoms with Gasteiger partial charge in [-0.05, 0) is 35.6 Å². The second kappa shape index (κ2) is 6.26. The standard InChI is InChI=1S/C19H14N4OS2/c24-19(23-9-5-14-12(11-23)6-10-25-14)17-16(20-7-8-21-17)18-22-13-3-1-2-4-15(13)26-18/h1-4,6-8,10H,5,9,11H2. The van der Waals surface area contributed by atoms with Crippen LogP contribution < -0.4 is 0 Å². The van der Waals surface area contributed by atoms with Crippen molar-refractivity contribution in [3.05, 3.63) is 64.2 Å². The summed E-state index contributed by atoms with van der Waals surface area (Å²) in [5.41, 5.74) is 3.09. The maximum atomic E-state index is 13.1. The summed E-state index contributed by atoms with van der Waals surface area (Å²) in [5.74, 6) is -0.0794. The van der Waals surface area contributed by atoms with Crippen LogP contribution in [0.25, 0.3) is 20.9 Å². The van der Waals surface area contributed by atoms with Crippen molar-refractivity contribution in [3.8, 4) is 10.7 Å². The molecule has 1 aliphatic rings. The largest absolute Gasteiger partial charge is 0.333 e. The highest BCUT2D eigenvalue weighted by Crippen LogP contribution is 2.31. The zero-order valence-electron chi connectivity index (χ0n) is 13.8. The SMILES string of the molecule is O=C(c1nccnc1-c1nc2ccccc2s1)N1CCc2sccc2C1. The van der Waals surface area contributed by atoms with Crippen molar-refractivity contribution in [2.45, 2.75) is 13.0 Å². The van der Waals surface area contributed by atoms with Crippen molar-refractivity contribution < 1.29 is 4.79 Å². The third-order valence-electron chi connectivity index (χ3n) is 4.49. The van der Waals surface area contributed by atoms with E-state index in [9.17, 15) is 4.79 Å². The topological polar surface area (TPSA) is 59.0 Å². The number of hydrogen-bond donors (Lipinski definition) is 0. The number of carbonyl (C=O) groups excluding carboxylic acids is 1. The van der Waals surface area contributed by atoms with Gasteiger partial charge in [-0.25, -0.2) is 15.0 Å². The maximum Gasteiger partial charge on any atom is 0.275 e. The number of thiophene rings is 1. The number of amides is 1. The summed E-state index contributed by atoms with van der Waals surface area (Å²) in [4.78, 5) is 29.8. The molecule has 1 aromatic carbocycles. The van der Waals surface area contributed by atoms with Crippen LogP contribution in [0.3, 0.4) is 0 Å². The van der Waals surface area contributed by atoms with Crippen molar-refractivity contribution in [2.75, 3.05) is 6.54 Å². The van der Waals surface area contributed by atoms with E-state index in [4.69, 9.17) is 0 Å². The third-order valence-corrected chi connectivity index (χ3v) is 6.56. The zero-order valence-corrected chi connectivity index (χ0v) is 15.4. The Kier molecular flexibility index (Phi) is 3.76. The Bertz CT molecular complexity index is 1080. The van der Waals surface area contributed by atoms with Gasteiger partial charge in [0.25, 0.3) is 5.91 Å². The first kappa shape index (κ1) is 15.6. The summed E-state index contributed by atoms with van der Waals surface area (Å²) >= 11 is 3.30. The number of nitrogens with zero attached hydrogens (tertiary/aromatic N) is 4.